The van der Waals surface area contributed by atoms with E-state index in [0.29, 0.717) is 11.7 Å². The van der Waals surface area contributed by atoms with Gasteiger partial charge in [0.25, 0.3) is 0 Å². The number of aromatic nitrogens is 1. The number of furan rings is 1. The number of pyridine rings is 1. The fraction of sp³-hybridized carbons (Fsp3) is 0.261. The Bertz CT molecular complexity index is 1050. The predicted octanol–water partition coefficient (Wildman–Crippen LogP) is 4.67. The molecule has 0 radical (unpaired) electrons. The van der Waals surface area contributed by atoms with Gasteiger partial charge in [0, 0.05) is 17.6 Å². The molecular formula is C23H23N3O3S2. The van der Waals surface area contributed by atoms with Gasteiger partial charge in [-0.25, -0.2) is 0 Å². The van der Waals surface area contributed by atoms with Gasteiger partial charge in [0.2, 0.25) is 0 Å². The Kier molecular flexibility index (Phi) is 6.58. The minimum atomic E-state index is -0.280. The molecule has 3 heterocycles. The average Bonchev–Trinajstić information content (AvgIpc) is 3.38. The van der Waals surface area contributed by atoms with Crippen LogP contribution in [0.4, 0.5) is 0 Å². The number of methoxy groups -OCH3 is 1. The zero-order valence-electron chi connectivity index (χ0n) is 17.3. The van der Waals surface area contributed by atoms with Gasteiger partial charge in [-0.3, -0.25) is 9.78 Å². The van der Waals surface area contributed by atoms with Crippen LogP contribution in [0.25, 0.3) is 0 Å². The molecule has 2 aromatic heterocycles. The van der Waals surface area contributed by atoms with Crippen LogP contribution in [0.3, 0.4) is 0 Å². The van der Waals surface area contributed by atoms with E-state index in [0.717, 1.165) is 21.4 Å². The smallest absolute Gasteiger partial charge is 0.307 e. The van der Waals surface area contributed by atoms with Crippen molar-refractivity contribution in [1.82, 2.24) is 15.2 Å². The molecule has 0 saturated carbocycles. The second-order valence-corrected chi connectivity index (χ2v) is 8.68. The SMILES string of the molecule is COC(=O)CCN1C(=S)N[C@H](c2ccccn2)[C@@H]1c1ccc(Sc2ccc(C)cc2)o1. The van der Waals surface area contributed by atoms with Gasteiger partial charge in [0.15, 0.2) is 10.2 Å². The lowest BCUT2D eigenvalue weighted by atomic mass is 10.0. The molecule has 1 aliphatic heterocycles. The number of esters is 1. The maximum Gasteiger partial charge on any atom is 0.307 e. The van der Waals surface area contributed by atoms with Crippen molar-refractivity contribution in [3.8, 4) is 0 Å². The Morgan fingerprint density at radius 1 is 1.23 bits per heavy atom. The van der Waals surface area contributed by atoms with Gasteiger partial charge in [-0.15, -0.1) is 0 Å². The predicted molar refractivity (Wildman–Crippen MR) is 123 cm³/mol. The summed E-state index contributed by atoms with van der Waals surface area (Å²) in [6.07, 6.45) is 1.99. The van der Waals surface area contributed by atoms with E-state index in [1.54, 1.807) is 18.0 Å². The second kappa shape index (κ2) is 9.53. The Morgan fingerprint density at radius 3 is 2.74 bits per heavy atom. The van der Waals surface area contributed by atoms with Crippen LogP contribution in [-0.2, 0) is 9.53 Å². The second-order valence-electron chi connectivity index (χ2n) is 7.22. The van der Waals surface area contributed by atoms with Gasteiger partial charge in [0.05, 0.1) is 25.3 Å². The summed E-state index contributed by atoms with van der Waals surface area (Å²) < 4.78 is 11.1. The van der Waals surface area contributed by atoms with E-state index >= 15 is 0 Å². The molecule has 160 valence electrons. The Balaban J connectivity index is 1.61. The molecule has 0 unspecified atom stereocenters. The first-order chi connectivity index (χ1) is 15.0. The lowest BCUT2D eigenvalue weighted by Crippen LogP contribution is -2.31. The van der Waals surface area contributed by atoms with E-state index in [1.807, 2.05) is 35.2 Å². The highest BCUT2D eigenvalue weighted by Gasteiger charge is 2.41. The quantitative estimate of drug-likeness (QED) is 0.409. The molecule has 0 aliphatic carbocycles. The number of hydrogen-bond donors (Lipinski definition) is 1. The van der Waals surface area contributed by atoms with Crippen LogP contribution in [0.2, 0.25) is 0 Å². The van der Waals surface area contributed by atoms with Crippen LogP contribution < -0.4 is 5.32 Å². The minimum absolute atomic E-state index is 0.185. The number of rotatable bonds is 7. The summed E-state index contributed by atoms with van der Waals surface area (Å²) in [5.74, 6) is 0.486. The van der Waals surface area contributed by atoms with Gasteiger partial charge >= 0.3 is 5.97 Å². The van der Waals surface area contributed by atoms with Crippen molar-refractivity contribution in [3.05, 3.63) is 77.8 Å². The monoisotopic (exact) mass is 453 g/mol. The third kappa shape index (κ3) is 4.91. The molecular weight excluding hydrogens is 430 g/mol. The van der Waals surface area contributed by atoms with Gasteiger partial charge in [0.1, 0.15) is 11.8 Å². The molecule has 1 fully saturated rings. The van der Waals surface area contributed by atoms with E-state index in [-0.39, 0.29) is 24.5 Å². The van der Waals surface area contributed by atoms with E-state index in [2.05, 4.69) is 41.5 Å². The normalized spacial score (nSPS) is 18.1. The summed E-state index contributed by atoms with van der Waals surface area (Å²) in [5.41, 5.74) is 2.08. The number of benzene rings is 1. The van der Waals surface area contributed by atoms with Crippen molar-refractivity contribution in [3.63, 3.8) is 0 Å². The molecule has 0 spiro atoms. The summed E-state index contributed by atoms with van der Waals surface area (Å²) in [6, 6.07) is 17.6. The molecule has 3 aromatic rings. The number of nitrogens with one attached hydrogen (secondary N) is 1. The number of carbonyl (C=O) groups excluding carboxylic acids is 1. The third-order valence-corrected chi connectivity index (χ3v) is 6.40. The van der Waals surface area contributed by atoms with Crippen molar-refractivity contribution in [2.45, 2.75) is 35.4 Å². The highest BCUT2D eigenvalue weighted by atomic mass is 32.2. The van der Waals surface area contributed by atoms with Gasteiger partial charge in [-0.05, 0) is 55.5 Å². The number of carbonyl (C=O) groups is 1. The molecule has 6 nitrogen and oxygen atoms in total. The molecule has 0 bridgehead atoms. The highest BCUT2D eigenvalue weighted by molar-refractivity contribution is 7.99. The fourth-order valence-corrected chi connectivity index (χ4v) is 4.65. The molecule has 1 aromatic carbocycles. The maximum absolute atomic E-state index is 11.7. The topological polar surface area (TPSA) is 67.6 Å². The van der Waals surface area contributed by atoms with Crippen LogP contribution in [0.1, 0.15) is 35.5 Å². The third-order valence-electron chi connectivity index (χ3n) is 5.12. The van der Waals surface area contributed by atoms with Gasteiger partial charge < -0.3 is 19.4 Å². The first-order valence-corrected chi connectivity index (χ1v) is 11.2. The molecule has 1 aliphatic rings. The summed E-state index contributed by atoms with van der Waals surface area (Å²) in [4.78, 5) is 19.3. The molecule has 8 heteroatoms. The Labute approximate surface area is 191 Å². The molecule has 1 N–H and O–H groups in total. The molecule has 2 atom stereocenters. The van der Waals surface area contributed by atoms with Crippen molar-refractivity contribution < 1.29 is 13.9 Å². The van der Waals surface area contributed by atoms with E-state index in [1.165, 1.54) is 12.7 Å². The van der Waals surface area contributed by atoms with Crippen molar-refractivity contribution in [1.29, 1.82) is 0 Å². The summed E-state index contributed by atoms with van der Waals surface area (Å²) in [5, 5.41) is 4.71. The van der Waals surface area contributed by atoms with E-state index in [9.17, 15) is 4.79 Å². The van der Waals surface area contributed by atoms with Crippen LogP contribution >= 0.6 is 24.0 Å². The van der Waals surface area contributed by atoms with Crippen LogP contribution in [0.5, 0.6) is 0 Å². The largest absolute Gasteiger partial charge is 0.469 e. The van der Waals surface area contributed by atoms with Crippen LogP contribution in [0, 0.1) is 6.92 Å². The van der Waals surface area contributed by atoms with Crippen molar-refractivity contribution >= 4 is 35.1 Å². The number of nitrogens with zero attached hydrogens (tertiary/aromatic N) is 2. The number of aryl methyl sites for hydroxylation is 1. The minimum Gasteiger partial charge on any atom is -0.469 e. The van der Waals surface area contributed by atoms with Gasteiger partial charge in [-0.1, -0.05) is 35.5 Å². The highest BCUT2D eigenvalue weighted by Crippen LogP contribution is 2.41. The molecule has 0 amide bonds. The van der Waals surface area contributed by atoms with Gasteiger partial charge in [-0.2, -0.15) is 0 Å². The first-order valence-electron chi connectivity index (χ1n) is 9.94. The lowest BCUT2D eigenvalue weighted by Gasteiger charge is -2.25. The fourth-order valence-electron chi connectivity index (χ4n) is 3.54. The molecule has 1 saturated heterocycles. The summed E-state index contributed by atoms with van der Waals surface area (Å²) in [7, 11) is 1.39. The Morgan fingerprint density at radius 2 is 2.03 bits per heavy atom. The number of thiocarbonyl (C=S) groups is 1. The number of hydrogen-bond acceptors (Lipinski definition) is 6. The average molecular weight is 454 g/mol. The van der Waals surface area contributed by atoms with Crippen LogP contribution in [-0.4, -0.2) is 34.6 Å². The maximum atomic E-state index is 11.7. The lowest BCUT2D eigenvalue weighted by molar-refractivity contribution is -0.140. The molecule has 4 rings (SSSR count). The van der Waals surface area contributed by atoms with Crippen molar-refractivity contribution in [2.24, 2.45) is 0 Å². The zero-order chi connectivity index (χ0) is 21.8. The van der Waals surface area contributed by atoms with E-state index < -0.39 is 0 Å². The van der Waals surface area contributed by atoms with Crippen LogP contribution in [0.15, 0.2) is 75.2 Å². The van der Waals surface area contributed by atoms with E-state index in [4.69, 9.17) is 21.4 Å². The summed E-state index contributed by atoms with van der Waals surface area (Å²) >= 11 is 7.16. The van der Waals surface area contributed by atoms with Crippen molar-refractivity contribution in [2.75, 3.05) is 13.7 Å². The zero-order valence-corrected chi connectivity index (χ0v) is 18.9. The number of ether oxygens (including phenoxy) is 1. The molecule has 31 heavy (non-hydrogen) atoms. The first kappa shape index (κ1) is 21.4. The standard InChI is InChI=1S/C23H23N3O3S2/c1-15-6-8-16(9-7-15)31-20-11-10-18(29-20)22-21(17-5-3-4-13-24-17)25-23(30)26(22)14-12-19(27)28-2/h3-11,13,21-22H,12,14H2,1-2H3,(H,25,30)/t21-,22+/m1/s1. The Hall–Kier alpha value is -2.84. The summed E-state index contributed by atoms with van der Waals surface area (Å²) in [6.45, 7) is 2.49.